The number of methoxy groups -OCH3 is 1. The fourth-order valence-corrected chi connectivity index (χ4v) is 1.44. The van der Waals surface area contributed by atoms with E-state index in [1.165, 1.54) is 7.11 Å². The molecule has 1 aromatic carbocycles. The Bertz CT molecular complexity index is 404. The minimum absolute atomic E-state index is 0.181. The average Bonchev–Trinajstić information content (AvgIpc) is 2.38. The highest BCUT2D eigenvalue weighted by Crippen LogP contribution is 2.29. The Balaban J connectivity index is 3.08. The van der Waals surface area contributed by atoms with Gasteiger partial charge in [0.05, 0.1) is 20.3 Å². The van der Waals surface area contributed by atoms with Crippen LogP contribution in [0.5, 0.6) is 11.5 Å². The zero-order valence-corrected chi connectivity index (χ0v) is 9.99. The van der Waals surface area contributed by atoms with Crippen molar-refractivity contribution in [3.05, 3.63) is 23.3 Å². The number of benzene rings is 1. The molecule has 0 amide bonds. The highest BCUT2D eigenvalue weighted by molar-refractivity contribution is 5.47. The molecule has 92 valence electrons. The lowest BCUT2D eigenvalue weighted by Crippen LogP contribution is -2.03. The van der Waals surface area contributed by atoms with Crippen molar-refractivity contribution < 1.29 is 19.7 Å². The molecule has 0 aliphatic carbocycles. The Morgan fingerprint density at radius 1 is 1.18 bits per heavy atom. The molecule has 1 aromatic rings. The van der Waals surface area contributed by atoms with Gasteiger partial charge in [-0.1, -0.05) is 5.92 Å². The quantitative estimate of drug-likeness (QED) is 0.751. The smallest absolute Gasteiger partial charge is 0.149 e. The summed E-state index contributed by atoms with van der Waals surface area (Å²) in [4.78, 5) is 0. The highest BCUT2D eigenvalue weighted by atomic mass is 16.5. The second kappa shape index (κ2) is 6.79. The predicted octanol–water partition coefficient (Wildman–Crippen LogP) is 1.08. The lowest BCUT2D eigenvalue weighted by Gasteiger charge is -2.14. The summed E-state index contributed by atoms with van der Waals surface area (Å²) in [6.07, 6.45) is 0. The molecule has 0 radical (unpaired) electrons. The van der Waals surface area contributed by atoms with Gasteiger partial charge in [0.15, 0.2) is 0 Å². The molecule has 0 fully saturated rings. The molecule has 1 rings (SSSR count). The summed E-state index contributed by atoms with van der Waals surface area (Å²) < 4.78 is 10.5. The van der Waals surface area contributed by atoms with Gasteiger partial charge in [-0.2, -0.15) is 0 Å². The molecule has 4 nitrogen and oxygen atoms in total. The van der Waals surface area contributed by atoms with Gasteiger partial charge in [-0.3, -0.25) is 0 Å². The molecule has 0 saturated carbocycles. The van der Waals surface area contributed by atoms with Crippen LogP contribution >= 0.6 is 0 Å². The predicted molar refractivity (Wildman–Crippen MR) is 63.8 cm³/mol. The first-order valence-electron chi connectivity index (χ1n) is 5.20. The topological polar surface area (TPSA) is 58.9 Å². The van der Waals surface area contributed by atoms with Crippen molar-refractivity contribution in [2.45, 2.75) is 20.1 Å². The van der Waals surface area contributed by atoms with E-state index in [9.17, 15) is 10.2 Å². The Morgan fingerprint density at radius 3 is 2.18 bits per heavy atom. The van der Waals surface area contributed by atoms with E-state index in [1.807, 2.05) is 0 Å². The van der Waals surface area contributed by atoms with Gasteiger partial charge in [-0.25, -0.2) is 0 Å². The second-order valence-corrected chi connectivity index (χ2v) is 3.31. The van der Waals surface area contributed by atoms with Crippen LogP contribution in [0.15, 0.2) is 12.1 Å². The molecule has 0 atom stereocenters. The highest BCUT2D eigenvalue weighted by Gasteiger charge is 2.11. The number of hydrogen-bond acceptors (Lipinski definition) is 4. The fraction of sp³-hybridized carbons (Fsp3) is 0.385. The third kappa shape index (κ3) is 3.38. The summed E-state index contributed by atoms with van der Waals surface area (Å²) in [5.74, 6) is 6.52. The van der Waals surface area contributed by atoms with E-state index in [2.05, 4.69) is 11.8 Å². The molecule has 0 heterocycles. The molecule has 0 spiro atoms. The standard InChI is InChI=1S/C13H16O4/c1-3-4-5-17-13-10(8-14)6-12(16-2)7-11(13)9-15/h6-7,14-15H,5,8-9H2,1-2H3. The molecule has 17 heavy (non-hydrogen) atoms. The van der Waals surface area contributed by atoms with E-state index in [0.29, 0.717) is 22.6 Å². The summed E-state index contributed by atoms with van der Waals surface area (Å²) in [5, 5.41) is 18.5. The van der Waals surface area contributed by atoms with Crippen molar-refractivity contribution in [1.29, 1.82) is 0 Å². The van der Waals surface area contributed by atoms with Gasteiger partial charge in [0.1, 0.15) is 18.1 Å². The van der Waals surface area contributed by atoms with Crippen molar-refractivity contribution >= 4 is 0 Å². The maximum Gasteiger partial charge on any atom is 0.149 e. The number of rotatable bonds is 5. The lowest BCUT2D eigenvalue weighted by atomic mass is 10.1. The van der Waals surface area contributed by atoms with E-state index in [1.54, 1.807) is 19.1 Å². The number of hydrogen-bond donors (Lipinski definition) is 2. The maximum absolute atomic E-state index is 9.26. The van der Waals surface area contributed by atoms with Crippen LogP contribution in [-0.4, -0.2) is 23.9 Å². The van der Waals surface area contributed by atoms with Crippen molar-refractivity contribution in [3.63, 3.8) is 0 Å². The normalized spacial score (nSPS) is 9.41. The van der Waals surface area contributed by atoms with Crippen molar-refractivity contribution in [3.8, 4) is 23.3 Å². The molecule has 0 saturated heterocycles. The van der Waals surface area contributed by atoms with E-state index >= 15 is 0 Å². The molecule has 0 aromatic heterocycles. The molecular weight excluding hydrogens is 220 g/mol. The van der Waals surface area contributed by atoms with Crippen molar-refractivity contribution in [1.82, 2.24) is 0 Å². The van der Waals surface area contributed by atoms with Gasteiger partial charge in [-0.05, 0) is 19.1 Å². The Kier molecular flexibility index (Phi) is 5.34. The fourth-order valence-electron chi connectivity index (χ4n) is 1.44. The Morgan fingerprint density at radius 2 is 1.76 bits per heavy atom. The molecule has 0 aliphatic heterocycles. The van der Waals surface area contributed by atoms with E-state index in [0.717, 1.165) is 0 Å². The third-order valence-electron chi connectivity index (χ3n) is 2.26. The Labute approximate surface area is 101 Å². The molecular formula is C13H16O4. The molecule has 0 aliphatic rings. The summed E-state index contributed by atoms with van der Waals surface area (Å²) in [6.45, 7) is 1.58. The summed E-state index contributed by atoms with van der Waals surface area (Å²) in [6, 6.07) is 3.35. The van der Waals surface area contributed by atoms with Crippen LogP contribution < -0.4 is 9.47 Å². The average molecular weight is 236 g/mol. The van der Waals surface area contributed by atoms with E-state index < -0.39 is 0 Å². The first-order valence-corrected chi connectivity index (χ1v) is 5.20. The minimum atomic E-state index is -0.181. The lowest BCUT2D eigenvalue weighted by molar-refractivity contribution is 0.254. The molecule has 0 unspecified atom stereocenters. The van der Waals surface area contributed by atoms with Gasteiger partial charge >= 0.3 is 0 Å². The minimum Gasteiger partial charge on any atom is -0.497 e. The molecule has 0 bridgehead atoms. The van der Waals surface area contributed by atoms with Gasteiger partial charge in [0.25, 0.3) is 0 Å². The number of ether oxygens (including phenoxy) is 2. The van der Waals surface area contributed by atoms with Crippen LogP contribution in [-0.2, 0) is 13.2 Å². The van der Waals surface area contributed by atoms with Gasteiger partial charge in [-0.15, -0.1) is 5.92 Å². The second-order valence-electron chi connectivity index (χ2n) is 3.31. The van der Waals surface area contributed by atoms with Crippen molar-refractivity contribution in [2.75, 3.05) is 13.7 Å². The van der Waals surface area contributed by atoms with Crippen LogP contribution in [0.25, 0.3) is 0 Å². The van der Waals surface area contributed by atoms with Crippen LogP contribution in [0.1, 0.15) is 18.1 Å². The van der Waals surface area contributed by atoms with E-state index in [4.69, 9.17) is 9.47 Å². The largest absolute Gasteiger partial charge is 0.497 e. The molecule has 4 heteroatoms. The summed E-state index contributed by atoms with van der Waals surface area (Å²) in [7, 11) is 1.53. The summed E-state index contributed by atoms with van der Waals surface area (Å²) in [5.41, 5.74) is 1.15. The monoisotopic (exact) mass is 236 g/mol. The Hall–Kier alpha value is -1.70. The van der Waals surface area contributed by atoms with Crippen LogP contribution in [0.4, 0.5) is 0 Å². The number of aliphatic hydroxyl groups is 2. The van der Waals surface area contributed by atoms with Gasteiger partial charge in [0.2, 0.25) is 0 Å². The SMILES string of the molecule is CC#CCOc1c(CO)cc(OC)cc1CO. The van der Waals surface area contributed by atoms with Gasteiger partial charge < -0.3 is 19.7 Å². The summed E-state index contributed by atoms with van der Waals surface area (Å²) >= 11 is 0. The molecule has 2 N–H and O–H groups in total. The van der Waals surface area contributed by atoms with Crippen LogP contribution in [0.2, 0.25) is 0 Å². The van der Waals surface area contributed by atoms with Crippen molar-refractivity contribution in [2.24, 2.45) is 0 Å². The first-order chi connectivity index (χ1) is 8.26. The number of aliphatic hydroxyl groups excluding tert-OH is 2. The first kappa shape index (κ1) is 13.4. The zero-order valence-electron chi connectivity index (χ0n) is 9.99. The third-order valence-corrected chi connectivity index (χ3v) is 2.26. The van der Waals surface area contributed by atoms with Crippen LogP contribution in [0, 0.1) is 11.8 Å². The van der Waals surface area contributed by atoms with E-state index in [-0.39, 0.29) is 19.8 Å². The maximum atomic E-state index is 9.26. The van der Waals surface area contributed by atoms with Crippen LogP contribution in [0.3, 0.4) is 0 Å². The van der Waals surface area contributed by atoms with Gasteiger partial charge in [0, 0.05) is 11.1 Å². The zero-order chi connectivity index (χ0) is 12.7.